The highest BCUT2D eigenvalue weighted by Gasteiger charge is 2.21. The van der Waals surface area contributed by atoms with E-state index in [2.05, 4.69) is 24.4 Å². The second-order valence-corrected chi connectivity index (χ2v) is 4.32. The third kappa shape index (κ3) is 6.78. The van der Waals surface area contributed by atoms with Gasteiger partial charge in [0.15, 0.2) is 0 Å². The molecule has 0 amide bonds. The van der Waals surface area contributed by atoms with E-state index in [1.807, 2.05) is 0 Å². The normalized spacial score (nSPS) is 25.5. The Morgan fingerprint density at radius 2 is 2.24 bits per heavy atom. The van der Waals surface area contributed by atoms with E-state index in [1.165, 1.54) is 0 Å². The molecule has 0 radical (unpaired) electrons. The summed E-state index contributed by atoms with van der Waals surface area (Å²) in [5.41, 5.74) is 0. The van der Waals surface area contributed by atoms with Crippen LogP contribution in [0.15, 0.2) is 12.2 Å². The lowest BCUT2D eigenvalue weighted by Gasteiger charge is -2.29. The summed E-state index contributed by atoms with van der Waals surface area (Å²) >= 11 is 0. The van der Waals surface area contributed by atoms with Crippen molar-refractivity contribution in [3.05, 3.63) is 12.2 Å². The van der Waals surface area contributed by atoms with Crippen LogP contribution in [-0.4, -0.2) is 39.9 Å². The van der Waals surface area contributed by atoms with Crippen molar-refractivity contribution >= 4 is 0 Å². The molecule has 1 aliphatic rings. The lowest BCUT2D eigenvalue weighted by molar-refractivity contribution is -0.0618. The van der Waals surface area contributed by atoms with Crippen molar-refractivity contribution in [2.24, 2.45) is 5.92 Å². The first kappa shape index (κ1) is 14.6. The maximum absolute atomic E-state index is 5.74. The Bertz CT molecular complexity index is 209. The first-order chi connectivity index (χ1) is 8.36. The van der Waals surface area contributed by atoms with E-state index in [0.29, 0.717) is 19.3 Å². The van der Waals surface area contributed by atoms with Crippen LogP contribution in [0.4, 0.5) is 0 Å². The fourth-order valence-corrected chi connectivity index (χ4v) is 1.94. The van der Waals surface area contributed by atoms with Gasteiger partial charge in [-0.15, -0.1) is 0 Å². The molecule has 0 saturated carbocycles. The van der Waals surface area contributed by atoms with Crippen LogP contribution >= 0.6 is 0 Å². The summed E-state index contributed by atoms with van der Waals surface area (Å²) in [5.74, 6) is 0.576. The highest BCUT2D eigenvalue weighted by atomic mass is 16.7. The van der Waals surface area contributed by atoms with Gasteiger partial charge in [-0.3, -0.25) is 5.32 Å². The molecule has 4 heteroatoms. The van der Waals surface area contributed by atoms with E-state index in [-0.39, 0.29) is 6.23 Å². The first-order valence-electron chi connectivity index (χ1n) is 6.43. The summed E-state index contributed by atoms with van der Waals surface area (Å²) in [5, 5.41) is 3.37. The average Bonchev–Trinajstić information content (AvgIpc) is 2.36. The number of methoxy groups -OCH3 is 1. The SMILES string of the molecule is CC/C=C\COC1CC(COCOC)CCN1. The average molecular weight is 243 g/mol. The van der Waals surface area contributed by atoms with Gasteiger partial charge in [0.25, 0.3) is 0 Å². The molecule has 0 aromatic rings. The van der Waals surface area contributed by atoms with Crippen LogP contribution in [0.3, 0.4) is 0 Å². The minimum atomic E-state index is 0.168. The fraction of sp³-hybridized carbons (Fsp3) is 0.846. The highest BCUT2D eigenvalue weighted by molar-refractivity contribution is 4.81. The first-order valence-corrected chi connectivity index (χ1v) is 6.43. The monoisotopic (exact) mass is 243 g/mol. The zero-order valence-corrected chi connectivity index (χ0v) is 11.0. The molecule has 1 rings (SSSR count). The molecule has 0 spiro atoms. The van der Waals surface area contributed by atoms with Crippen molar-refractivity contribution in [2.75, 3.05) is 33.7 Å². The van der Waals surface area contributed by atoms with Crippen LogP contribution in [0.25, 0.3) is 0 Å². The standard InChI is InChI=1S/C13H25NO3/c1-3-4-5-8-17-13-9-12(6-7-14-13)10-16-11-15-2/h4-5,12-14H,3,6-11H2,1-2H3/b5-4-. The molecule has 1 aliphatic heterocycles. The van der Waals surface area contributed by atoms with Crippen molar-refractivity contribution < 1.29 is 14.2 Å². The predicted octanol–water partition coefficient (Wildman–Crippen LogP) is 1.92. The Hall–Kier alpha value is -0.420. The molecule has 0 aromatic heterocycles. The second kappa shape index (κ2) is 9.59. The summed E-state index contributed by atoms with van der Waals surface area (Å²) in [6.45, 7) is 4.97. The van der Waals surface area contributed by atoms with Gasteiger partial charge in [0.2, 0.25) is 0 Å². The number of ether oxygens (including phenoxy) is 3. The number of hydrogen-bond acceptors (Lipinski definition) is 4. The Kier molecular flexibility index (Phi) is 8.26. The molecule has 1 saturated heterocycles. The molecular formula is C13H25NO3. The van der Waals surface area contributed by atoms with Crippen molar-refractivity contribution in [3.63, 3.8) is 0 Å². The summed E-state index contributed by atoms with van der Waals surface area (Å²) in [7, 11) is 1.65. The third-order valence-corrected chi connectivity index (χ3v) is 2.82. The van der Waals surface area contributed by atoms with E-state index in [9.17, 15) is 0 Å². The molecule has 2 unspecified atom stereocenters. The maximum atomic E-state index is 5.74. The Morgan fingerprint density at radius 1 is 1.35 bits per heavy atom. The number of allylic oxidation sites excluding steroid dienone is 1. The van der Waals surface area contributed by atoms with Gasteiger partial charge in [0.1, 0.15) is 13.0 Å². The Morgan fingerprint density at radius 3 is 3.00 bits per heavy atom. The molecule has 17 heavy (non-hydrogen) atoms. The molecule has 1 fully saturated rings. The van der Waals surface area contributed by atoms with Crippen molar-refractivity contribution in [2.45, 2.75) is 32.4 Å². The highest BCUT2D eigenvalue weighted by Crippen LogP contribution is 2.17. The number of rotatable bonds is 8. The van der Waals surface area contributed by atoms with Crippen LogP contribution in [0.2, 0.25) is 0 Å². The fourth-order valence-electron chi connectivity index (χ4n) is 1.94. The van der Waals surface area contributed by atoms with E-state index >= 15 is 0 Å². The molecule has 0 bridgehead atoms. The lowest BCUT2D eigenvalue weighted by Crippen LogP contribution is -2.41. The molecular weight excluding hydrogens is 218 g/mol. The second-order valence-electron chi connectivity index (χ2n) is 4.32. The van der Waals surface area contributed by atoms with Crippen molar-refractivity contribution in [1.82, 2.24) is 5.32 Å². The Balaban J connectivity index is 2.12. The van der Waals surface area contributed by atoms with E-state index in [4.69, 9.17) is 14.2 Å². The van der Waals surface area contributed by atoms with Gasteiger partial charge >= 0.3 is 0 Å². The summed E-state index contributed by atoms with van der Waals surface area (Å²) in [6, 6.07) is 0. The predicted molar refractivity (Wildman–Crippen MR) is 67.7 cm³/mol. The third-order valence-electron chi connectivity index (χ3n) is 2.82. The van der Waals surface area contributed by atoms with E-state index in [1.54, 1.807) is 7.11 Å². The minimum absolute atomic E-state index is 0.168. The molecule has 1 heterocycles. The van der Waals surface area contributed by atoms with Gasteiger partial charge in [-0.25, -0.2) is 0 Å². The van der Waals surface area contributed by atoms with Gasteiger partial charge in [-0.05, 0) is 31.7 Å². The molecule has 0 aliphatic carbocycles. The molecule has 100 valence electrons. The van der Waals surface area contributed by atoms with Gasteiger partial charge < -0.3 is 14.2 Å². The van der Waals surface area contributed by atoms with Crippen LogP contribution in [0.1, 0.15) is 26.2 Å². The molecule has 0 aromatic carbocycles. The summed E-state index contributed by atoms with van der Waals surface area (Å²) in [6.07, 6.45) is 7.60. The minimum Gasteiger partial charge on any atom is -0.359 e. The Labute approximate surface area is 104 Å². The zero-order chi connectivity index (χ0) is 12.3. The van der Waals surface area contributed by atoms with E-state index in [0.717, 1.165) is 32.4 Å². The van der Waals surface area contributed by atoms with Crippen LogP contribution in [0, 0.1) is 5.92 Å². The maximum Gasteiger partial charge on any atom is 0.146 e. The number of piperidine rings is 1. The molecule has 4 nitrogen and oxygen atoms in total. The summed E-state index contributed by atoms with van der Waals surface area (Å²) < 4.78 is 16.0. The van der Waals surface area contributed by atoms with E-state index < -0.39 is 0 Å². The molecule has 2 atom stereocenters. The van der Waals surface area contributed by atoms with Gasteiger partial charge in [0.05, 0.1) is 13.2 Å². The number of nitrogens with one attached hydrogen (secondary N) is 1. The van der Waals surface area contributed by atoms with Gasteiger partial charge in [0, 0.05) is 7.11 Å². The number of hydrogen-bond donors (Lipinski definition) is 1. The van der Waals surface area contributed by atoms with Crippen molar-refractivity contribution in [1.29, 1.82) is 0 Å². The topological polar surface area (TPSA) is 39.7 Å². The smallest absolute Gasteiger partial charge is 0.146 e. The van der Waals surface area contributed by atoms with Crippen LogP contribution in [-0.2, 0) is 14.2 Å². The quantitative estimate of drug-likeness (QED) is 0.401. The lowest BCUT2D eigenvalue weighted by atomic mass is 9.98. The largest absolute Gasteiger partial charge is 0.359 e. The van der Waals surface area contributed by atoms with Crippen LogP contribution < -0.4 is 5.32 Å². The van der Waals surface area contributed by atoms with Crippen molar-refractivity contribution in [3.8, 4) is 0 Å². The molecule has 1 N–H and O–H groups in total. The zero-order valence-electron chi connectivity index (χ0n) is 11.0. The van der Waals surface area contributed by atoms with Crippen LogP contribution in [0.5, 0.6) is 0 Å². The van der Waals surface area contributed by atoms with Gasteiger partial charge in [-0.1, -0.05) is 19.1 Å². The summed E-state index contributed by atoms with van der Waals surface area (Å²) in [4.78, 5) is 0. The van der Waals surface area contributed by atoms with Gasteiger partial charge in [-0.2, -0.15) is 0 Å².